The van der Waals surface area contributed by atoms with Gasteiger partial charge in [-0.1, -0.05) is 13.8 Å². The molecule has 0 radical (unpaired) electrons. The monoisotopic (exact) mass is 524 g/mol. The van der Waals surface area contributed by atoms with Gasteiger partial charge in [0, 0.05) is 31.4 Å². The summed E-state index contributed by atoms with van der Waals surface area (Å²) in [5, 5.41) is 0. The van der Waals surface area contributed by atoms with E-state index < -0.39 is 29.4 Å². The van der Waals surface area contributed by atoms with E-state index in [1.54, 1.807) is 17.9 Å². The Balaban J connectivity index is 1.50. The number of aromatic nitrogens is 2. The highest BCUT2D eigenvalue weighted by Crippen LogP contribution is 2.44. The summed E-state index contributed by atoms with van der Waals surface area (Å²) in [6.07, 6.45) is -3.30. The van der Waals surface area contributed by atoms with E-state index >= 15 is 0 Å². The maximum absolute atomic E-state index is 14.5. The standard InChI is InChI=1S/C26H32F4N4O3/c1-16(2)9-14-37-20-7-5-18(31-23(20)27)24(36)33-12-10-25(11-13-33)21-8-6-19(22(35)26(28,29)30)34(21)17(3)15-32(25)4/h5-8,16-17H,9-15H2,1-4H3. The van der Waals surface area contributed by atoms with Crippen molar-refractivity contribution in [2.75, 3.05) is 33.3 Å². The van der Waals surface area contributed by atoms with Crippen LogP contribution >= 0.6 is 0 Å². The zero-order chi connectivity index (χ0) is 27.1. The maximum atomic E-state index is 14.5. The van der Waals surface area contributed by atoms with Gasteiger partial charge in [0.05, 0.1) is 17.8 Å². The molecular formula is C26H32F4N4O3. The molecule has 0 aromatic carbocycles. The molecule has 1 spiro atoms. The van der Waals surface area contributed by atoms with E-state index in [-0.39, 0.29) is 23.2 Å². The van der Waals surface area contributed by atoms with E-state index in [1.807, 2.05) is 20.9 Å². The predicted molar refractivity (Wildman–Crippen MR) is 128 cm³/mol. The fourth-order valence-electron chi connectivity index (χ4n) is 5.41. The minimum Gasteiger partial charge on any atom is -0.489 e. The lowest BCUT2D eigenvalue weighted by atomic mass is 9.80. The molecule has 2 aliphatic heterocycles. The minimum atomic E-state index is -4.96. The molecule has 7 nitrogen and oxygen atoms in total. The summed E-state index contributed by atoms with van der Waals surface area (Å²) in [4.78, 5) is 32.7. The number of ketones is 1. The molecule has 0 aliphatic carbocycles. The van der Waals surface area contributed by atoms with Gasteiger partial charge in [-0.2, -0.15) is 17.6 Å². The van der Waals surface area contributed by atoms with Gasteiger partial charge in [-0.25, -0.2) is 4.98 Å². The number of hydrogen-bond donors (Lipinski definition) is 0. The number of carbonyl (C=O) groups is 2. The number of likely N-dealkylation sites (N-methyl/N-ethyl adjacent to an activating group) is 1. The van der Waals surface area contributed by atoms with E-state index in [0.717, 1.165) is 6.42 Å². The molecule has 2 aromatic heterocycles. The number of halogens is 4. The van der Waals surface area contributed by atoms with Crippen LogP contribution in [0.25, 0.3) is 0 Å². The quantitative estimate of drug-likeness (QED) is 0.308. The fourth-order valence-corrected chi connectivity index (χ4v) is 5.41. The summed E-state index contributed by atoms with van der Waals surface area (Å²) < 4.78 is 61.0. The van der Waals surface area contributed by atoms with Gasteiger partial charge < -0.3 is 14.2 Å². The lowest BCUT2D eigenvalue weighted by Gasteiger charge is -2.52. The average molecular weight is 525 g/mol. The Kier molecular flexibility index (Phi) is 7.38. The van der Waals surface area contributed by atoms with Crippen LogP contribution in [0, 0.1) is 11.9 Å². The van der Waals surface area contributed by atoms with Gasteiger partial charge in [0.15, 0.2) is 5.75 Å². The van der Waals surface area contributed by atoms with Crippen LogP contribution in [0.2, 0.25) is 0 Å². The molecular weight excluding hydrogens is 492 g/mol. The number of ether oxygens (including phenoxy) is 1. The highest BCUT2D eigenvalue weighted by atomic mass is 19.4. The molecule has 0 bridgehead atoms. The number of amides is 1. The Hall–Kier alpha value is -2.95. The van der Waals surface area contributed by atoms with Crippen molar-refractivity contribution < 1.29 is 31.9 Å². The third kappa shape index (κ3) is 5.10. The highest BCUT2D eigenvalue weighted by Gasteiger charge is 2.49. The van der Waals surface area contributed by atoms with Crippen LogP contribution in [0.5, 0.6) is 5.75 Å². The second kappa shape index (κ2) is 10.1. The molecule has 202 valence electrons. The molecule has 1 atom stereocenters. The lowest BCUT2D eigenvalue weighted by molar-refractivity contribution is -0.0894. The first kappa shape index (κ1) is 27.1. The van der Waals surface area contributed by atoms with Crippen LogP contribution < -0.4 is 4.74 Å². The van der Waals surface area contributed by atoms with Crippen molar-refractivity contribution in [3.05, 3.63) is 47.3 Å². The smallest absolute Gasteiger partial charge is 0.456 e. The summed E-state index contributed by atoms with van der Waals surface area (Å²) >= 11 is 0. The second-order valence-corrected chi connectivity index (χ2v) is 10.4. The Bertz CT molecular complexity index is 1170. The molecule has 4 heterocycles. The second-order valence-electron chi connectivity index (χ2n) is 10.4. The molecule has 2 aromatic rings. The van der Waals surface area contributed by atoms with Crippen molar-refractivity contribution in [3.8, 4) is 5.75 Å². The summed E-state index contributed by atoms with van der Waals surface area (Å²) in [7, 11) is 1.91. The van der Waals surface area contributed by atoms with Crippen molar-refractivity contribution in [2.45, 2.75) is 57.8 Å². The number of piperidine rings is 1. The summed E-state index contributed by atoms with van der Waals surface area (Å²) in [6.45, 7) is 7.27. The summed E-state index contributed by atoms with van der Waals surface area (Å²) in [6, 6.07) is 5.36. The zero-order valence-electron chi connectivity index (χ0n) is 21.4. The number of pyridine rings is 1. The molecule has 4 rings (SSSR count). The topological polar surface area (TPSA) is 67.7 Å². The SMILES string of the molecule is CC(C)CCOc1ccc(C(=O)N2CCC3(CC2)c2ccc(C(=O)C(F)(F)F)n2C(C)CN3C)nc1F. The van der Waals surface area contributed by atoms with Gasteiger partial charge in [0.25, 0.3) is 17.6 Å². The van der Waals surface area contributed by atoms with Crippen LogP contribution in [-0.2, 0) is 5.54 Å². The van der Waals surface area contributed by atoms with Crippen molar-refractivity contribution in [3.63, 3.8) is 0 Å². The number of fused-ring (bicyclic) bond motifs is 2. The first-order valence-corrected chi connectivity index (χ1v) is 12.5. The van der Waals surface area contributed by atoms with Gasteiger partial charge in [-0.3, -0.25) is 14.5 Å². The molecule has 1 saturated heterocycles. The first-order chi connectivity index (χ1) is 17.3. The summed E-state index contributed by atoms with van der Waals surface area (Å²) in [5.74, 6) is -2.72. The van der Waals surface area contributed by atoms with Crippen molar-refractivity contribution in [1.29, 1.82) is 0 Å². The van der Waals surface area contributed by atoms with Gasteiger partial charge in [0.1, 0.15) is 5.69 Å². The number of Topliss-reactive ketones (excluding diaryl/α,β-unsaturated/α-hetero) is 1. The van der Waals surface area contributed by atoms with Crippen LogP contribution in [0.15, 0.2) is 24.3 Å². The first-order valence-electron chi connectivity index (χ1n) is 12.5. The number of likely N-dealkylation sites (tertiary alicyclic amines) is 1. The Morgan fingerprint density at radius 1 is 1.16 bits per heavy atom. The molecule has 2 aliphatic rings. The normalized spacial score (nSPS) is 19.8. The van der Waals surface area contributed by atoms with Gasteiger partial charge in [-0.05, 0) is 63.4 Å². The van der Waals surface area contributed by atoms with Crippen LogP contribution in [0.4, 0.5) is 17.6 Å². The van der Waals surface area contributed by atoms with Gasteiger partial charge in [0.2, 0.25) is 0 Å². The predicted octanol–water partition coefficient (Wildman–Crippen LogP) is 4.83. The number of rotatable bonds is 6. The average Bonchev–Trinajstić information content (AvgIpc) is 3.29. The van der Waals surface area contributed by atoms with Crippen LogP contribution in [0.3, 0.4) is 0 Å². The largest absolute Gasteiger partial charge is 0.489 e. The molecule has 11 heteroatoms. The van der Waals surface area contributed by atoms with Crippen LogP contribution in [-0.4, -0.2) is 70.5 Å². The number of nitrogens with zero attached hydrogens (tertiary/aromatic N) is 4. The number of hydrogen-bond acceptors (Lipinski definition) is 5. The number of alkyl halides is 3. The van der Waals surface area contributed by atoms with E-state index in [0.29, 0.717) is 50.7 Å². The Morgan fingerprint density at radius 3 is 2.43 bits per heavy atom. The highest BCUT2D eigenvalue weighted by molar-refractivity contribution is 5.99. The molecule has 0 N–H and O–H groups in total. The molecule has 1 unspecified atom stereocenters. The molecule has 37 heavy (non-hydrogen) atoms. The van der Waals surface area contributed by atoms with Crippen molar-refractivity contribution in [2.24, 2.45) is 5.92 Å². The lowest BCUT2D eigenvalue weighted by Crippen LogP contribution is -2.57. The zero-order valence-corrected chi connectivity index (χ0v) is 21.4. The van der Waals surface area contributed by atoms with Crippen molar-refractivity contribution in [1.82, 2.24) is 19.4 Å². The molecule has 0 saturated carbocycles. The van der Waals surface area contributed by atoms with Gasteiger partial charge in [-0.15, -0.1) is 0 Å². The number of carbonyl (C=O) groups excluding carboxylic acids is 2. The van der Waals surface area contributed by atoms with E-state index in [4.69, 9.17) is 4.74 Å². The van der Waals surface area contributed by atoms with E-state index in [9.17, 15) is 27.2 Å². The van der Waals surface area contributed by atoms with Crippen LogP contribution in [0.1, 0.15) is 72.7 Å². The Morgan fingerprint density at radius 2 is 1.84 bits per heavy atom. The fraction of sp³-hybridized carbons (Fsp3) is 0.577. The van der Waals surface area contributed by atoms with E-state index in [2.05, 4.69) is 9.88 Å². The third-order valence-electron chi connectivity index (χ3n) is 7.46. The molecule has 1 fully saturated rings. The van der Waals surface area contributed by atoms with Gasteiger partial charge >= 0.3 is 6.18 Å². The molecule has 1 amide bonds. The van der Waals surface area contributed by atoms with Crippen molar-refractivity contribution >= 4 is 11.7 Å². The van der Waals surface area contributed by atoms with E-state index in [1.165, 1.54) is 22.8 Å². The Labute approximate surface area is 213 Å². The minimum absolute atomic E-state index is 0.00211. The summed E-state index contributed by atoms with van der Waals surface area (Å²) in [5.41, 5.74) is -0.381. The third-order valence-corrected chi connectivity index (χ3v) is 7.46. The maximum Gasteiger partial charge on any atom is 0.456 e.